The molecule has 1 aromatic rings. The Morgan fingerprint density at radius 2 is 2.21 bits per heavy atom. The van der Waals surface area contributed by atoms with Gasteiger partial charge in [0.25, 0.3) is 0 Å². The number of rotatable bonds is 6. The number of hydrogen-bond donors (Lipinski definition) is 1. The SMILES string of the molecule is CCNCc1cc(CN(C)C2CCCCC2C)on1. The van der Waals surface area contributed by atoms with Gasteiger partial charge in [0.05, 0.1) is 12.2 Å². The summed E-state index contributed by atoms with van der Waals surface area (Å²) in [5.74, 6) is 1.77. The average molecular weight is 265 g/mol. The summed E-state index contributed by atoms with van der Waals surface area (Å²) in [7, 11) is 2.21. The van der Waals surface area contributed by atoms with Gasteiger partial charge in [-0.25, -0.2) is 0 Å². The Morgan fingerprint density at radius 1 is 1.42 bits per heavy atom. The van der Waals surface area contributed by atoms with Crippen LogP contribution >= 0.6 is 0 Å². The van der Waals surface area contributed by atoms with E-state index in [1.54, 1.807) is 0 Å². The maximum absolute atomic E-state index is 5.43. The molecule has 0 spiro atoms. The predicted octanol–water partition coefficient (Wildman–Crippen LogP) is 2.79. The minimum atomic E-state index is 0.691. The van der Waals surface area contributed by atoms with Crippen LogP contribution in [-0.2, 0) is 13.1 Å². The lowest BCUT2D eigenvalue weighted by Crippen LogP contribution is -2.38. The lowest BCUT2D eigenvalue weighted by molar-refractivity contribution is 0.122. The van der Waals surface area contributed by atoms with E-state index in [9.17, 15) is 0 Å². The molecule has 1 heterocycles. The third-order valence-electron chi connectivity index (χ3n) is 4.20. The summed E-state index contributed by atoms with van der Waals surface area (Å²) in [5, 5.41) is 7.37. The molecule has 0 aliphatic heterocycles. The van der Waals surface area contributed by atoms with E-state index in [-0.39, 0.29) is 0 Å². The van der Waals surface area contributed by atoms with Gasteiger partial charge in [-0.2, -0.15) is 0 Å². The number of aromatic nitrogens is 1. The highest BCUT2D eigenvalue weighted by Crippen LogP contribution is 2.28. The van der Waals surface area contributed by atoms with Crippen molar-refractivity contribution in [2.45, 2.75) is 58.7 Å². The molecule has 1 N–H and O–H groups in total. The molecule has 0 bridgehead atoms. The summed E-state index contributed by atoms with van der Waals surface area (Å²) in [5.41, 5.74) is 1.00. The van der Waals surface area contributed by atoms with Gasteiger partial charge >= 0.3 is 0 Å². The van der Waals surface area contributed by atoms with Gasteiger partial charge < -0.3 is 9.84 Å². The van der Waals surface area contributed by atoms with Crippen molar-refractivity contribution in [1.29, 1.82) is 0 Å². The Kier molecular flexibility index (Phi) is 5.40. The molecule has 108 valence electrons. The van der Waals surface area contributed by atoms with Crippen molar-refractivity contribution in [2.24, 2.45) is 5.92 Å². The van der Waals surface area contributed by atoms with E-state index in [4.69, 9.17) is 4.52 Å². The van der Waals surface area contributed by atoms with Gasteiger partial charge in [0, 0.05) is 18.7 Å². The van der Waals surface area contributed by atoms with E-state index in [1.165, 1.54) is 25.7 Å². The molecule has 1 aliphatic rings. The molecule has 0 radical (unpaired) electrons. The van der Waals surface area contributed by atoms with Crippen LogP contribution in [0.4, 0.5) is 0 Å². The van der Waals surface area contributed by atoms with Crippen molar-refractivity contribution in [3.8, 4) is 0 Å². The van der Waals surface area contributed by atoms with Gasteiger partial charge in [-0.15, -0.1) is 0 Å². The lowest BCUT2D eigenvalue weighted by atomic mass is 9.85. The maximum atomic E-state index is 5.43. The smallest absolute Gasteiger partial charge is 0.151 e. The largest absolute Gasteiger partial charge is 0.360 e. The van der Waals surface area contributed by atoms with Crippen LogP contribution in [0.1, 0.15) is 51.0 Å². The second kappa shape index (κ2) is 7.06. The molecule has 2 atom stereocenters. The predicted molar refractivity (Wildman–Crippen MR) is 76.8 cm³/mol. The fourth-order valence-corrected chi connectivity index (χ4v) is 3.08. The van der Waals surface area contributed by atoms with Gasteiger partial charge in [0.15, 0.2) is 5.76 Å². The normalized spacial score (nSPS) is 24.0. The zero-order valence-electron chi connectivity index (χ0n) is 12.5. The fraction of sp³-hybridized carbons (Fsp3) is 0.800. The number of hydrogen-bond acceptors (Lipinski definition) is 4. The van der Waals surface area contributed by atoms with E-state index in [0.29, 0.717) is 6.04 Å². The van der Waals surface area contributed by atoms with Gasteiger partial charge in [0.1, 0.15) is 0 Å². The molecule has 4 nitrogen and oxygen atoms in total. The van der Waals surface area contributed by atoms with Crippen LogP contribution in [0.15, 0.2) is 10.6 Å². The Balaban J connectivity index is 1.87. The average Bonchev–Trinajstić information content (AvgIpc) is 2.84. The first-order valence-electron chi connectivity index (χ1n) is 7.56. The summed E-state index contributed by atoms with van der Waals surface area (Å²) in [4.78, 5) is 2.43. The molecule has 0 aromatic carbocycles. The highest BCUT2D eigenvalue weighted by atomic mass is 16.5. The topological polar surface area (TPSA) is 41.3 Å². The molecular formula is C15H27N3O. The molecule has 2 unspecified atom stereocenters. The van der Waals surface area contributed by atoms with Crippen molar-refractivity contribution in [3.63, 3.8) is 0 Å². The highest BCUT2D eigenvalue weighted by molar-refractivity contribution is 5.05. The van der Waals surface area contributed by atoms with Crippen molar-refractivity contribution < 1.29 is 4.52 Å². The first-order valence-corrected chi connectivity index (χ1v) is 7.56. The number of nitrogens with zero attached hydrogens (tertiary/aromatic N) is 2. The van der Waals surface area contributed by atoms with Crippen molar-refractivity contribution >= 4 is 0 Å². The molecule has 1 aromatic heterocycles. The summed E-state index contributed by atoms with van der Waals surface area (Å²) in [6.07, 6.45) is 5.43. The molecule has 1 fully saturated rings. The number of nitrogens with one attached hydrogen (secondary N) is 1. The molecule has 1 saturated carbocycles. The Morgan fingerprint density at radius 3 is 2.95 bits per heavy atom. The van der Waals surface area contributed by atoms with Crippen LogP contribution in [0.3, 0.4) is 0 Å². The molecule has 2 rings (SSSR count). The maximum Gasteiger partial charge on any atom is 0.151 e. The third kappa shape index (κ3) is 4.05. The van der Waals surface area contributed by atoms with Crippen LogP contribution in [-0.4, -0.2) is 29.7 Å². The Hall–Kier alpha value is -0.870. The molecule has 19 heavy (non-hydrogen) atoms. The van der Waals surface area contributed by atoms with Crippen LogP contribution in [0.5, 0.6) is 0 Å². The van der Waals surface area contributed by atoms with E-state index in [2.05, 4.69) is 42.3 Å². The van der Waals surface area contributed by atoms with E-state index in [1.807, 2.05) is 0 Å². The summed E-state index contributed by atoms with van der Waals surface area (Å²) in [6, 6.07) is 2.77. The molecule has 4 heteroatoms. The quantitative estimate of drug-likeness (QED) is 0.858. The summed E-state index contributed by atoms with van der Waals surface area (Å²) >= 11 is 0. The zero-order valence-corrected chi connectivity index (χ0v) is 12.5. The van der Waals surface area contributed by atoms with Gasteiger partial charge in [-0.1, -0.05) is 31.8 Å². The standard InChI is InChI=1S/C15H27N3O/c1-4-16-10-13-9-14(19-17-13)11-18(3)15-8-6-5-7-12(15)2/h9,12,15-16H,4-8,10-11H2,1-3H3. The van der Waals surface area contributed by atoms with Crippen LogP contribution in [0, 0.1) is 5.92 Å². The van der Waals surface area contributed by atoms with Gasteiger partial charge in [0.2, 0.25) is 0 Å². The fourth-order valence-electron chi connectivity index (χ4n) is 3.08. The third-order valence-corrected chi connectivity index (χ3v) is 4.20. The monoisotopic (exact) mass is 265 g/mol. The van der Waals surface area contributed by atoms with Gasteiger partial charge in [-0.3, -0.25) is 4.90 Å². The minimum absolute atomic E-state index is 0.691. The first-order chi connectivity index (χ1) is 9.20. The van der Waals surface area contributed by atoms with Crippen molar-refractivity contribution in [3.05, 3.63) is 17.5 Å². The molecule has 1 aliphatic carbocycles. The Bertz CT molecular complexity index is 377. The van der Waals surface area contributed by atoms with Crippen molar-refractivity contribution in [1.82, 2.24) is 15.4 Å². The van der Waals surface area contributed by atoms with Gasteiger partial charge in [-0.05, 0) is 32.4 Å². The van der Waals surface area contributed by atoms with Crippen LogP contribution in [0.2, 0.25) is 0 Å². The van der Waals surface area contributed by atoms with E-state index < -0.39 is 0 Å². The second-order valence-corrected chi connectivity index (χ2v) is 5.81. The van der Waals surface area contributed by atoms with E-state index >= 15 is 0 Å². The van der Waals surface area contributed by atoms with Crippen molar-refractivity contribution in [2.75, 3.05) is 13.6 Å². The Labute approximate surface area is 116 Å². The summed E-state index contributed by atoms with van der Waals surface area (Å²) in [6.45, 7) is 7.09. The van der Waals surface area contributed by atoms with E-state index in [0.717, 1.165) is 37.0 Å². The first kappa shape index (κ1) is 14.5. The minimum Gasteiger partial charge on any atom is -0.360 e. The molecule has 0 saturated heterocycles. The molecular weight excluding hydrogens is 238 g/mol. The highest BCUT2D eigenvalue weighted by Gasteiger charge is 2.25. The molecule has 0 amide bonds. The van der Waals surface area contributed by atoms with Crippen LogP contribution < -0.4 is 5.32 Å². The lowest BCUT2D eigenvalue weighted by Gasteiger charge is -2.35. The second-order valence-electron chi connectivity index (χ2n) is 5.81. The zero-order chi connectivity index (χ0) is 13.7. The summed E-state index contributed by atoms with van der Waals surface area (Å²) < 4.78 is 5.43. The van der Waals surface area contributed by atoms with Crippen LogP contribution in [0.25, 0.3) is 0 Å².